The number of aromatic nitrogens is 2. The third-order valence-electron chi connectivity index (χ3n) is 3.15. The van der Waals surface area contributed by atoms with Crippen molar-refractivity contribution in [3.8, 4) is 5.69 Å². The molecule has 0 atom stereocenters. The zero-order valence-electron chi connectivity index (χ0n) is 11.0. The normalized spacial score (nSPS) is 10.8. The first kappa shape index (κ1) is 14.2. The number of halogens is 2. The molecule has 0 saturated heterocycles. The van der Waals surface area contributed by atoms with E-state index < -0.39 is 22.8 Å². The van der Waals surface area contributed by atoms with Crippen LogP contribution in [0, 0.1) is 5.82 Å². The van der Waals surface area contributed by atoms with Crippen LogP contribution in [0.25, 0.3) is 16.7 Å². The highest BCUT2D eigenvalue weighted by Crippen LogP contribution is 2.18. The second-order valence-electron chi connectivity index (χ2n) is 4.53. The molecule has 0 aliphatic carbocycles. The predicted octanol–water partition coefficient (Wildman–Crippen LogP) is 2.88. The van der Waals surface area contributed by atoms with Gasteiger partial charge in [0.2, 0.25) is 5.43 Å². The topological polar surface area (TPSA) is 72.2 Å². The smallest absolute Gasteiger partial charge is 0.341 e. The molecule has 0 fully saturated rings. The molecule has 0 radical (unpaired) electrons. The molecule has 0 bridgehead atoms. The maximum atomic E-state index is 13.1. The van der Waals surface area contributed by atoms with E-state index in [-0.39, 0.29) is 16.2 Å². The summed E-state index contributed by atoms with van der Waals surface area (Å²) >= 11 is 5.86. The van der Waals surface area contributed by atoms with E-state index in [1.807, 2.05) is 0 Å². The van der Waals surface area contributed by atoms with Gasteiger partial charge >= 0.3 is 5.97 Å². The van der Waals surface area contributed by atoms with Crippen LogP contribution in [-0.4, -0.2) is 20.6 Å². The molecule has 110 valence electrons. The number of nitrogens with zero attached hydrogens (tertiary/aromatic N) is 2. The van der Waals surface area contributed by atoms with Crippen LogP contribution >= 0.6 is 11.6 Å². The van der Waals surface area contributed by atoms with Gasteiger partial charge < -0.3 is 9.67 Å². The molecule has 3 aromatic rings. The van der Waals surface area contributed by atoms with Crippen LogP contribution in [0.5, 0.6) is 0 Å². The summed E-state index contributed by atoms with van der Waals surface area (Å²) in [6.07, 6.45) is 1.16. The van der Waals surface area contributed by atoms with Gasteiger partial charge in [0.05, 0.1) is 5.39 Å². The highest BCUT2D eigenvalue weighted by Gasteiger charge is 2.16. The van der Waals surface area contributed by atoms with E-state index in [1.165, 1.54) is 41.0 Å². The largest absolute Gasteiger partial charge is 0.477 e. The van der Waals surface area contributed by atoms with Crippen molar-refractivity contribution in [3.05, 3.63) is 69.4 Å². The van der Waals surface area contributed by atoms with Gasteiger partial charge in [0.15, 0.2) is 0 Å². The van der Waals surface area contributed by atoms with E-state index in [0.717, 1.165) is 6.20 Å². The summed E-state index contributed by atoms with van der Waals surface area (Å²) in [5, 5.41) is 9.45. The number of carboxylic acid groups (broad SMARTS) is 1. The minimum absolute atomic E-state index is 0.119. The molecular weight excluding hydrogens is 311 g/mol. The molecule has 2 heterocycles. The average molecular weight is 319 g/mol. The zero-order valence-corrected chi connectivity index (χ0v) is 11.7. The van der Waals surface area contributed by atoms with E-state index >= 15 is 0 Å². The van der Waals surface area contributed by atoms with E-state index in [9.17, 15) is 19.1 Å². The Morgan fingerprint density at radius 2 is 1.86 bits per heavy atom. The molecule has 0 spiro atoms. The van der Waals surface area contributed by atoms with E-state index in [2.05, 4.69) is 4.98 Å². The summed E-state index contributed by atoms with van der Waals surface area (Å²) in [7, 11) is 0. The fourth-order valence-electron chi connectivity index (χ4n) is 2.13. The number of hydrogen-bond acceptors (Lipinski definition) is 3. The second kappa shape index (κ2) is 5.23. The number of carbonyl (C=O) groups is 1. The van der Waals surface area contributed by atoms with E-state index in [4.69, 9.17) is 11.6 Å². The number of rotatable bonds is 2. The number of aromatic carboxylic acids is 1. The van der Waals surface area contributed by atoms with Crippen molar-refractivity contribution in [3.63, 3.8) is 0 Å². The number of benzene rings is 1. The molecule has 2 aromatic heterocycles. The minimum Gasteiger partial charge on any atom is -0.477 e. The number of pyridine rings is 2. The summed E-state index contributed by atoms with van der Waals surface area (Å²) in [6.45, 7) is 0. The Bertz CT molecular complexity index is 951. The number of hydrogen-bond donors (Lipinski definition) is 1. The summed E-state index contributed by atoms with van der Waals surface area (Å²) < 4.78 is 14.5. The van der Waals surface area contributed by atoms with Crippen molar-refractivity contribution in [2.45, 2.75) is 0 Å². The van der Waals surface area contributed by atoms with Crippen LogP contribution in [0.15, 0.2) is 47.4 Å². The van der Waals surface area contributed by atoms with Crippen molar-refractivity contribution >= 4 is 28.6 Å². The van der Waals surface area contributed by atoms with Gasteiger partial charge in [-0.05, 0) is 36.4 Å². The molecule has 0 unspecified atom stereocenters. The number of carboxylic acids is 1. The molecule has 0 saturated carbocycles. The first-order valence-corrected chi connectivity index (χ1v) is 6.56. The maximum Gasteiger partial charge on any atom is 0.341 e. The quantitative estimate of drug-likeness (QED) is 0.737. The Balaban J connectivity index is 2.43. The van der Waals surface area contributed by atoms with Crippen LogP contribution in [0.1, 0.15) is 10.4 Å². The van der Waals surface area contributed by atoms with Crippen molar-refractivity contribution in [2.24, 2.45) is 0 Å². The minimum atomic E-state index is -1.35. The lowest BCUT2D eigenvalue weighted by atomic mass is 10.2. The summed E-state index contributed by atoms with van der Waals surface area (Å²) in [4.78, 5) is 27.5. The van der Waals surface area contributed by atoms with Crippen molar-refractivity contribution in [2.75, 3.05) is 0 Å². The van der Waals surface area contributed by atoms with Gasteiger partial charge in [-0.15, -0.1) is 0 Å². The average Bonchev–Trinajstić information content (AvgIpc) is 2.48. The molecule has 0 amide bonds. The van der Waals surface area contributed by atoms with Gasteiger partial charge in [0, 0.05) is 11.9 Å². The van der Waals surface area contributed by atoms with E-state index in [0.29, 0.717) is 5.69 Å². The van der Waals surface area contributed by atoms with Crippen molar-refractivity contribution in [1.82, 2.24) is 9.55 Å². The first-order chi connectivity index (χ1) is 10.5. The third-order valence-corrected chi connectivity index (χ3v) is 3.36. The first-order valence-electron chi connectivity index (χ1n) is 6.18. The zero-order chi connectivity index (χ0) is 15.9. The second-order valence-corrected chi connectivity index (χ2v) is 4.92. The summed E-state index contributed by atoms with van der Waals surface area (Å²) in [6, 6.07) is 8.18. The van der Waals surface area contributed by atoms with Crippen molar-refractivity contribution < 1.29 is 14.3 Å². The lowest BCUT2D eigenvalue weighted by Crippen LogP contribution is -2.19. The van der Waals surface area contributed by atoms with Gasteiger partial charge in [-0.25, -0.2) is 14.2 Å². The molecule has 22 heavy (non-hydrogen) atoms. The fraction of sp³-hybridized carbons (Fsp3) is 0. The molecule has 3 rings (SSSR count). The third kappa shape index (κ3) is 2.33. The standard InChI is InChI=1S/C15H8ClFN2O3/c16-12-6-5-10-13(20)11(15(21)22)7-19(14(10)18-12)9-3-1-8(17)2-4-9/h1-7H,(H,21,22). The summed E-state index contributed by atoms with van der Waals surface area (Å²) in [5.41, 5.74) is -0.385. The Hall–Kier alpha value is -2.73. The van der Waals surface area contributed by atoms with Crippen LogP contribution in [-0.2, 0) is 0 Å². The molecule has 1 aromatic carbocycles. The fourth-order valence-corrected chi connectivity index (χ4v) is 2.27. The lowest BCUT2D eigenvalue weighted by molar-refractivity contribution is 0.0695. The van der Waals surface area contributed by atoms with Gasteiger partial charge in [0.25, 0.3) is 0 Å². The highest BCUT2D eigenvalue weighted by molar-refractivity contribution is 6.29. The molecule has 5 nitrogen and oxygen atoms in total. The summed E-state index contributed by atoms with van der Waals surface area (Å²) in [5.74, 6) is -1.78. The lowest BCUT2D eigenvalue weighted by Gasteiger charge is -2.11. The van der Waals surface area contributed by atoms with Gasteiger partial charge in [-0.3, -0.25) is 4.79 Å². The number of fused-ring (bicyclic) bond motifs is 1. The Morgan fingerprint density at radius 1 is 1.18 bits per heavy atom. The Labute approximate surface area is 128 Å². The van der Waals surface area contributed by atoms with Crippen molar-refractivity contribution in [1.29, 1.82) is 0 Å². The molecule has 1 N–H and O–H groups in total. The van der Waals surface area contributed by atoms with Crippen LogP contribution in [0.2, 0.25) is 5.15 Å². The van der Waals surface area contributed by atoms with Gasteiger partial charge in [-0.1, -0.05) is 11.6 Å². The molecular formula is C15H8ClFN2O3. The SMILES string of the molecule is O=C(O)c1cn(-c2ccc(F)cc2)c2nc(Cl)ccc2c1=O. The predicted molar refractivity (Wildman–Crippen MR) is 79.3 cm³/mol. The van der Waals surface area contributed by atoms with Gasteiger partial charge in [-0.2, -0.15) is 0 Å². The maximum absolute atomic E-state index is 13.1. The van der Waals surface area contributed by atoms with Crippen LogP contribution < -0.4 is 5.43 Å². The molecule has 7 heteroatoms. The van der Waals surface area contributed by atoms with E-state index in [1.54, 1.807) is 0 Å². The molecule has 0 aliphatic heterocycles. The highest BCUT2D eigenvalue weighted by atomic mass is 35.5. The molecule has 0 aliphatic rings. The Kier molecular flexibility index (Phi) is 3.38. The van der Waals surface area contributed by atoms with Gasteiger partial charge in [0.1, 0.15) is 22.2 Å². The monoisotopic (exact) mass is 318 g/mol. The Morgan fingerprint density at radius 3 is 2.50 bits per heavy atom. The van der Waals surface area contributed by atoms with Crippen LogP contribution in [0.3, 0.4) is 0 Å². The van der Waals surface area contributed by atoms with Crippen LogP contribution in [0.4, 0.5) is 4.39 Å².